The second kappa shape index (κ2) is 3.56. The van der Waals surface area contributed by atoms with Crippen LogP contribution in [0.15, 0.2) is 30.3 Å². The summed E-state index contributed by atoms with van der Waals surface area (Å²) in [5.41, 5.74) is 1.06. The molecule has 4 heteroatoms. The van der Waals surface area contributed by atoms with Gasteiger partial charge in [0.15, 0.2) is 0 Å². The standard InChI is InChI=1S/C10H5Cl2NO/c11-9-5-7(10(12)14)6-3-1-2-4-8(6)13-9/h1-5H. The van der Waals surface area contributed by atoms with Crippen molar-refractivity contribution in [1.82, 2.24) is 4.98 Å². The predicted molar refractivity (Wildman–Crippen MR) is 56.9 cm³/mol. The number of benzene rings is 1. The fraction of sp³-hybridized carbons (Fsp3) is 0. The van der Waals surface area contributed by atoms with Gasteiger partial charge >= 0.3 is 0 Å². The molecular formula is C10H5Cl2NO. The maximum absolute atomic E-state index is 11.1. The Morgan fingerprint density at radius 1 is 1.29 bits per heavy atom. The molecule has 2 aromatic rings. The maximum Gasteiger partial charge on any atom is 0.253 e. The lowest BCUT2D eigenvalue weighted by Gasteiger charge is -2.01. The minimum Gasteiger partial charge on any atom is -0.276 e. The van der Waals surface area contributed by atoms with Gasteiger partial charge in [-0.2, -0.15) is 0 Å². The lowest BCUT2D eigenvalue weighted by Crippen LogP contribution is -1.92. The van der Waals surface area contributed by atoms with Crippen LogP contribution in [-0.2, 0) is 0 Å². The molecule has 70 valence electrons. The number of nitrogens with zero attached hydrogens (tertiary/aromatic N) is 1. The van der Waals surface area contributed by atoms with Gasteiger partial charge in [-0.25, -0.2) is 4.98 Å². The number of hydrogen-bond acceptors (Lipinski definition) is 2. The molecule has 0 aliphatic carbocycles. The van der Waals surface area contributed by atoms with E-state index in [0.717, 1.165) is 5.39 Å². The molecule has 1 aromatic heterocycles. The zero-order chi connectivity index (χ0) is 10.1. The molecule has 0 unspecified atom stereocenters. The molecule has 0 fully saturated rings. The van der Waals surface area contributed by atoms with Crippen LogP contribution in [0.5, 0.6) is 0 Å². The van der Waals surface area contributed by atoms with Crippen molar-refractivity contribution in [3.8, 4) is 0 Å². The number of rotatable bonds is 1. The molecule has 0 radical (unpaired) electrons. The van der Waals surface area contributed by atoms with Crippen LogP contribution < -0.4 is 0 Å². The molecule has 14 heavy (non-hydrogen) atoms. The first-order valence-electron chi connectivity index (χ1n) is 3.93. The summed E-state index contributed by atoms with van der Waals surface area (Å²) in [5, 5.41) is 0.468. The summed E-state index contributed by atoms with van der Waals surface area (Å²) in [6.07, 6.45) is 0. The van der Waals surface area contributed by atoms with Gasteiger partial charge in [-0.3, -0.25) is 4.79 Å². The highest BCUT2D eigenvalue weighted by Gasteiger charge is 2.09. The summed E-state index contributed by atoms with van der Waals surface area (Å²) in [6.45, 7) is 0. The number of carbonyl (C=O) groups excluding carboxylic acids is 1. The zero-order valence-corrected chi connectivity index (χ0v) is 8.51. The van der Waals surface area contributed by atoms with Crippen molar-refractivity contribution in [2.75, 3.05) is 0 Å². The van der Waals surface area contributed by atoms with E-state index in [1.807, 2.05) is 12.1 Å². The van der Waals surface area contributed by atoms with Crippen LogP contribution in [-0.4, -0.2) is 10.2 Å². The van der Waals surface area contributed by atoms with Crippen molar-refractivity contribution in [3.05, 3.63) is 41.0 Å². The van der Waals surface area contributed by atoms with E-state index < -0.39 is 5.24 Å². The summed E-state index contributed by atoms with van der Waals surface area (Å²) in [6, 6.07) is 8.69. The molecule has 0 atom stereocenters. The quantitative estimate of drug-likeness (QED) is 0.551. The van der Waals surface area contributed by atoms with E-state index >= 15 is 0 Å². The van der Waals surface area contributed by atoms with E-state index in [4.69, 9.17) is 23.2 Å². The van der Waals surface area contributed by atoms with Gasteiger partial charge in [0.25, 0.3) is 5.24 Å². The average molecular weight is 226 g/mol. The molecule has 0 aliphatic heterocycles. The summed E-state index contributed by atoms with van der Waals surface area (Å²) < 4.78 is 0. The van der Waals surface area contributed by atoms with Gasteiger partial charge in [-0.05, 0) is 23.7 Å². The first-order chi connectivity index (χ1) is 6.68. The third-order valence-corrected chi connectivity index (χ3v) is 2.29. The van der Waals surface area contributed by atoms with Gasteiger partial charge in [0.1, 0.15) is 5.15 Å². The van der Waals surface area contributed by atoms with Crippen molar-refractivity contribution in [3.63, 3.8) is 0 Å². The van der Waals surface area contributed by atoms with E-state index in [2.05, 4.69) is 4.98 Å². The smallest absolute Gasteiger partial charge is 0.253 e. The molecule has 0 aliphatic rings. The molecule has 1 aromatic carbocycles. The molecule has 2 rings (SSSR count). The van der Waals surface area contributed by atoms with Crippen molar-refractivity contribution in [1.29, 1.82) is 0 Å². The Morgan fingerprint density at radius 3 is 2.71 bits per heavy atom. The van der Waals surface area contributed by atoms with Crippen molar-refractivity contribution in [2.45, 2.75) is 0 Å². The Balaban J connectivity index is 2.87. The fourth-order valence-corrected chi connectivity index (χ4v) is 1.66. The average Bonchev–Trinajstić information content (AvgIpc) is 2.16. The number of pyridine rings is 1. The van der Waals surface area contributed by atoms with E-state index in [1.165, 1.54) is 6.07 Å². The Morgan fingerprint density at radius 2 is 2.00 bits per heavy atom. The van der Waals surface area contributed by atoms with Crippen LogP contribution in [0.3, 0.4) is 0 Å². The van der Waals surface area contributed by atoms with Crippen LogP contribution in [0.25, 0.3) is 10.9 Å². The minimum absolute atomic E-state index is 0.271. The largest absolute Gasteiger partial charge is 0.276 e. The van der Waals surface area contributed by atoms with E-state index in [0.29, 0.717) is 11.1 Å². The fourth-order valence-electron chi connectivity index (χ4n) is 1.31. The zero-order valence-electron chi connectivity index (χ0n) is 7.00. The van der Waals surface area contributed by atoms with Gasteiger partial charge in [0.2, 0.25) is 0 Å². The first kappa shape index (κ1) is 9.44. The van der Waals surface area contributed by atoms with Crippen LogP contribution in [0, 0.1) is 0 Å². The second-order valence-electron chi connectivity index (χ2n) is 2.78. The molecule has 0 saturated heterocycles. The topological polar surface area (TPSA) is 30.0 Å². The van der Waals surface area contributed by atoms with Crippen molar-refractivity contribution >= 4 is 39.3 Å². The summed E-state index contributed by atoms with van der Waals surface area (Å²) in [5.74, 6) is 0. The molecule has 0 spiro atoms. The normalized spacial score (nSPS) is 10.4. The van der Waals surface area contributed by atoms with Crippen molar-refractivity contribution < 1.29 is 4.79 Å². The predicted octanol–water partition coefficient (Wildman–Crippen LogP) is 3.27. The Bertz CT molecular complexity index is 510. The van der Waals surface area contributed by atoms with E-state index in [9.17, 15) is 4.79 Å². The number of para-hydroxylation sites is 1. The van der Waals surface area contributed by atoms with Gasteiger partial charge in [-0.15, -0.1) is 0 Å². The number of hydrogen-bond donors (Lipinski definition) is 0. The van der Waals surface area contributed by atoms with E-state index in [1.54, 1.807) is 12.1 Å². The third-order valence-electron chi connectivity index (χ3n) is 1.90. The van der Waals surface area contributed by atoms with Crippen LogP contribution >= 0.6 is 23.2 Å². The monoisotopic (exact) mass is 225 g/mol. The lowest BCUT2D eigenvalue weighted by atomic mass is 10.1. The first-order valence-corrected chi connectivity index (χ1v) is 4.69. The summed E-state index contributed by atoms with van der Waals surface area (Å²) in [7, 11) is 0. The lowest BCUT2D eigenvalue weighted by molar-refractivity contribution is 0.108. The Hall–Kier alpha value is -1.12. The number of halogens is 2. The molecule has 1 heterocycles. The molecule has 0 amide bonds. The minimum atomic E-state index is -0.523. The third kappa shape index (κ3) is 1.59. The van der Waals surface area contributed by atoms with Crippen molar-refractivity contribution in [2.24, 2.45) is 0 Å². The Kier molecular flexibility index (Phi) is 2.40. The number of aromatic nitrogens is 1. The molecule has 0 bridgehead atoms. The number of fused-ring (bicyclic) bond motifs is 1. The highest BCUT2D eigenvalue weighted by molar-refractivity contribution is 6.68. The van der Waals surface area contributed by atoms with Crippen LogP contribution in [0.1, 0.15) is 10.4 Å². The molecular weight excluding hydrogens is 221 g/mol. The highest BCUT2D eigenvalue weighted by atomic mass is 35.5. The van der Waals surface area contributed by atoms with Crippen LogP contribution in [0.4, 0.5) is 0 Å². The number of carbonyl (C=O) groups is 1. The maximum atomic E-state index is 11.1. The molecule has 0 saturated carbocycles. The SMILES string of the molecule is O=C(Cl)c1cc(Cl)nc2ccccc12. The van der Waals surface area contributed by atoms with Gasteiger partial charge in [0.05, 0.1) is 5.52 Å². The molecule has 2 nitrogen and oxygen atoms in total. The summed E-state index contributed by atoms with van der Waals surface area (Å²) in [4.78, 5) is 15.2. The van der Waals surface area contributed by atoms with Crippen LogP contribution in [0.2, 0.25) is 5.15 Å². The van der Waals surface area contributed by atoms with Gasteiger partial charge < -0.3 is 0 Å². The molecule has 0 N–H and O–H groups in total. The highest BCUT2D eigenvalue weighted by Crippen LogP contribution is 2.21. The summed E-state index contributed by atoms with van der Waals surface area (Å²) >= 11 is 11.2. The Labute approximate surface area is 90.5 Å². The van der Waals surface area contributed by atoms with E-state index in [-0.39, 0.29) is 5.15 Å². The van der Waals surface area contributed by atoms with Gasteiger partial charge in [-0.1, -0.05) is 29.8 Å². The van der Waals surface area contributed by atoms with Gasteiger partial charge in [0, 0.05) is 10.9 Å². The second-order valence-corrected chi connectivity index (χ2v) is 3.51.